The van der Waals surface area contributed by atoms with Gasteiger partial charge in [0.1, 0.15) is 24.1 Å². The number of amides is 1. The minimum absolute atomic E-state index is 0.316. The van der Waals surface area contributed by atoms with E-state index in [0.717, 1.165) is 41.8 Å². The van der Waals surface area contributed by atoms with E-state index >= 15 is 0 Å². The van der Waals surface area contributed by atoms with Crippen LogP contribution < -0.4 is 14.7 Å². The van der Waals surface area contributed by atoms with Crippen molar-refractivity contribution in [1.82, 2.24) is 15.2 Å². The summed E-state index contributed by atoms with van der Waals surface area (Å²) in [7, 11) is 0. The number of hydrogen-bond donors (Lipinski definition) is 1. The molecule has 2 aromatic heterocycles. The number of rotatable bonds is 3. The molecule has 0 unspecified atom stereocenters. The number of fused-ring (bicyclic) bond motifs is 1. The first kappa shape index (κ1) is 16.1. The average molecular weight is 368 g/mol. The summed E-state index contributed by atoms with van der Waals surface area (Å²) in [5.74, 6) is 2.51. The summed E-state index contributed by atoms with van der Waals surface area (Å²) in [5.41, 5.74) is 1.73. The molecule has 1 amide bonds. The average Bonchev–Trinajstić information content (AvgIpc) is 3.39. The van der Waals surface area contributed by atoms with Crippen LogP contribution in [0.5, 0.6) is 0 Å². The second-order valence-corrected chi connectivity index (χ2v) is 6.56. The van der Waals surface area contributed by atoms with E-state index in [1.807, 2.05) is 18.2 Å². The summed E-state index contributed by atoms with van der Waals surface area (Å²) in [6, 6.07) is 3.90. The number of carbonyl (C=O) groups is 1. The van der Waals surface area contributed by atoms with Gasteiger partial charge in [-0.1, -0.05) is 12.2 Å². The van der Waals surface area contributed by atoms with Crippen LogP contribution in [0.2, 0.25) is 0 Å². The van der Waals surface area contributed by atoms with E-state index in [1.165, 1.54) is 0 Å². The van der Waals surface area contributed by atoms with Gasteiger partial charge in [0.05, 0.1) is 31.6 Å². The number of morpholine rings is 1. The molecular formula is C18H20N6O3. The number of pyridine rings is 1. The zero-order chi connectivity index (χ0) is 18.2. The molecule has 0 aromatic carbocycles. The largest absolute Gasteiger partial charge is 0.447 e. The van der Waals surface area contributed by atoms with Crippen molar-refractivity contribution >= 4 is 35.3 Å². The van der Waals surface area contributed by atoms with Crippen LogP contribution >= 0.6 is 0 Å². The highest BCUT2D eigenvalue weighted by molar-refractivity contribution is 5.96. The standard InChI is InChI=1S/C18H20N6O3/c25-18-23(8-11-27-18)14-12-16(22-6-9-26-10-7-22)20-17-13(14)2-1-5-24(17)15-3-4-19-21-15/h1-4,12H,5-11H2,(H,19,21). The van der Waals surface area contributed by atoms with Gasteiger partial charge in [-0.25, -0.2) is 9.78 Å². The third kappa shape index (κ3) is 2.80. The van der Waals surface area contributed by atoms with Gasteiger partial charge in [-0.2, -0.15) is 5.10 Å². The first-order valence-electron chi connectivity index (χ1n) is 9.07. The smallest absolute Gasteiger partial charge is 0.414 e. The topological polar surface area (TPSA) is 86.8 Å². The van der Waals surface area contributed by atoms with Crippen molar-refractivity contribution in [3.05, 3.63) is 30.0 Å². The predicted molar refractivity (Wildman–Crippen MR) is 101 cm³/mol. The molecule has 3 aliphatic rings. The Morgan fingerprint density at radius 2 is 2.00 bits per heavy atom. The van der Waals surface area contributed by atoms with Gasteiger partial charge >= 0.3 is 6.09 Å². The second-order valence-electron chi connectivity index (χ2n) is 6.56. The Hall–Kier alpha value is -3.07. The zero-order valence-corrected chi connectivity index (χ0v) is 14.8. The molecule has 5 heterocycles. The third-order valence-corrected chi connectivity index (χ3v) is 4.99. The lowest BCUT2D eigenvalue weighted by molar-refractivity contribution is 0.122. The molecule has 140 valence electrons. The summed E-state index contributed by atoms with van der Waals surface area (Å²) in [6.07, 6.45) is 5.49. The van der Waals surface area contributed by atoms with Crippen molar-refractivity contribution in [3.63, 3.8) is 0 Å². The number of nitrogens with one attached hydrogen (secondary N) is 1. The fourth-order valence-electron chi connectivity index (χ4n) is 3.65. The Balaban J connectivity index is 1.65. The monoisotopic (exact) mass is 368 g/mol. The molecule has 2 aromatic rings. The van der Waals surface area contributed by atoms with E-state index in [1.54, 1.807) is 11.1 Å². The molecule has 2 fully saturated rings. The lowest BCUT2D eigenvalue weighted by atomic mass is 10.1. The Morgan fingerprint density at radius 1 is 1.11 bits per heavy atom. The summed E-state index contributed by atoms with van der Waals surface area (Å²) < 4.78 is 10.6. The van der Waals surface area contributed by atoms with Crippen molar-refractivity contribution in [3.8, 4) is 0 Å². The van der Waals surface area contributed by atoms with E-state index in [-0.39, 0.29) is 6.09 Å². The molecule has 0 radical (unpaired) electrons. The molecule has 0 bridgehead atoms. The zero-order valence-electron chi connectivity index (χ0n) is 14.8. The highest BCUT2D eigenvalue weighted by Gasteiger charge is 2.31. The maximum Gasteiger partial charge on any atom is 0.414 e. The van der Waals surface area contributed by atoms with Gasteiger partial charge in [0, 0.05) is 37.3 Å². The number of cyclic esters (lactones) is 1. The highest BCUT2D eigenvalue weighted by atomic mass is 16.6. The Labute approximate surface area is 156 Å². The normalized spacial score (nSPS) is 19.4. The van der Waals surface area contributed by atoms with Crippen LogP contribution in [-0.2, 0) is 9.47 Å². The van der Waals surface area contributed by atoms with Gasteiger partial charge in [-0.3, -0.25) is 10.00 Å². The molecule has 0 atom stereocenters. The van der Waals surface area contributed by atoms with Gasteiger partial charge in [-0.05, 0) is 0 Å². The molecule has 0 saturated carbocycles. The molecule has 3 aliphatic heterocycles. The Kier molecular flexibility index (Phi) is 3.93. The molecule has 2 saturated heterocycles. The lowest BCUT2D eigenvalue weighted by Crippen LogP contribution is -2.37. The van der Waals surface area contributed by atoms with E-state index in [9.17, 15) is 4.79 Å². The van der Waals surface area contributed by atoms with Crippen molar-refractivity contribution < 1.29 is 14.3 Å². The number of ether oxygens (including phenoxy) is 2. The molecule has 1 N–H and O–H groups in total. The second kappa shape index (κ2) is 6.58. The lowest BCUT2D eigenvalue weighted by Gasteiger charge is -2.33. The first-order valence-corrected chi connectivity index (χ1v) is 9.07. The van der Waals surface area contributed by atoms with Gasteiger partial charge in [0.2, 0.25) is 0 Å². The first-order chi connectivity index (χ1) is 13.3. The summed E-state index contributed by atoms with van der Waals surface area (Å²) in [5, 5.41) is 7.07. The van der Waals surface area contributed by atoms with Gasteiger partial charge < -0.3 is 19.3 Å². The van der Waals surface area contributed by atoms with Crippen LogP contribution in [0.1, 0.15) is 5.56 Å². The third-order valence-electron chi connectivity index (χ3n) is 4.99. The van der Waals surface area contributed by atoms with Gasteiger partial charge in [0.25, 0.3) is 0 Å². The van der Waals surface area contributed by atoms with Crippen molar-refractivity contribution in [2.75, 3.05) is 60.7 Å². The fraction of sp³-hybridized carbons (Fsp3) is 0.389. The highest BCUT2D eigenvalue weighted by Crippen LogP contribution is 2.39. The van der Waals surface area contributed by atoms with E-state index < -0.39 is 0 Å². The number of nitrogens with zero attached hydrogens (tertiary/aromatic N) is 5. The fourth-order valence-corrected chi connectivity index (χ4v) is 3.65. The predicted octanol–water partition coefficient (Wildman–Crippen LogP) is 1.76. The summed E-state index contributed by atoms with van der Waals surface area (Å²) in [4.78, 5) is 23.1. The number of aromatic amines is 1. The van der Waals surface area contributed by atoms with Crippen molar-refractivity contribution in [1.29, 1.82) is 0 Å². The number of H-pyrrole nitrogens is 1. The van der Waals surface area contributed by atoms with E-state index in [2.05, 4.69) is 26.1 Å². The molecule has 5 rings (SSSR count). The minimum atomic E-state index is -0.316. The number of hydrogen-bond acceptors (Lipinski definition) is 7. The van der Waals surface area contributed by atoms with Crippen molar-refractivity contribution in [2.24, 2.45) is 0 Å². The van der Waals surface area contributed by atoms with Crippen LogP contribution in [0.4, 0.5) is 27.9 Å². The Bertz CT molecular complexity index is 875. The number of carbonyl (C=O) groups excluding carboxylic acids is 1. The van der Waals surface area contributed by atoms with Gasteiger partial charge in [-0.15, -0.1) is 0 Å². The van der Waals surface area contributed by atoms with Crippen LogP contribution in [0.3, 0.4) is 0 Å². The number of anilines is 4. The molecule has 9 heteroatoms. The molecule has 0 spiro atoms. The SMILES string of the molecule is O=C1OCCN1c1cc(N2CCOCC2)nc2c1C=CCN2c1ccn[nH]1. The summed E-state index contributed by atoms with van der Waals surface area (Å²) >= 11 is 0. The maximum absolute atomic E-state index is 12.3. The van der Waals surface area contributed by atoms with Crippen LogP contribution in [-0.4, -0.2) is 67.3 Å². The number of aromatic nitrogens is 3. The van der Waals surface area contributed by atoms with E-state index in [0.29, 0.717) is 32.9 Å². The van der Waals surface area contributed by atoms with Crippen LogP contribution in [0.15, 0.2) is 24.4 Å². The Morgan fingerprint density at radius 3 is 2.74 bits per heavy atom. The quantitative estimate of drug-likeness (QED) is 0.883. The molecule has 0 aliphatic carbocycles. The maximum atomic E-state index is 12.3. The van der Waals surface area contributed by atoms with E-state index in [4.69, 9.17) is 14.5 Å². The summed E-state index contributed by atoms with van der Waals surface area (Å²) in [6.45, 7) is 4.50. The molecule has 27 heavy (non-hydrogen) atoms. The van der Waals surface area contributed by atoms with Crippen LogP contribution in [0, 0.1) is 0 Å². The van der Waals surface area contributed by atoms with Crippen molar-refractivity contribution in [2.45, 2.75) is 0 Å². The molecular weight excluding hydrogens is 348 g/mol. The molecule has 9 nitrogen and oxygen atoms in total. The van der Waals surface area contributed by atoms with Gasteiger partial charge in [0.15, 0.2) is 0 Å². The van der Waals surface area contributed by atoms with Crippen LogP contribution in [0.25, 0.3) is 6.08 Å². The minimum Gasteiger partial charge on any atom is -0.447 e.